The van der Waals surface area contributed by atoms with Crippen LogP contribution in [0.15, 0.2) is 29.6 Å². The lowest BCUT2D eigenvalue weighted by molar-refractivity contribution is 0.0654. The van der Waals surface area contributed by atoms with Gasteiger partial charge >= 0.3 is 6.03 Å². The molecule has 0 saturated carbocycles. The molecule has 27 heavy (non-hydrogen) atoms. The van der Waals surface area contributed by atoms with Crippen molar-refractivity contribution in [2.75, 3.05) is 26.4 Å². The fourth-order valence-corrected chi connectivity index (χ4v) is 4.61. The molecule has 2 aliphatic heterocycles. The molecule has 1 saturated heterocycles. The third-order valence-electron chi connectivity index (χ3n) is 5.29. The van der Waals surface area contributed by atoms with Crippen molar-refractivity contribution in [2.24, 2.45) is 0 Å². The Kier molecular flexibility index (Phi) is 5.22. The lowest BCUT2D eigenvalue weighted by Gasteiger charge is -2.36. The zero-order valence-electron chi connectivity index (χ0n) is 15.3. The molecule has 2 N–H and O–H groups in total. The summed E-state index contributed by atoms with van der Waals surface area (Å²) < 4.78 is 10.8. The van der Waals surface area contributed by atoms with Gasteiger partial charge in [-0.1, -0.05) is 6.07 Å². The van der Waals surface area contributed by atoms with E-state index in [0.29, 0.717) is 19.6 Å². The molecule has 1 aromatic heterocycles. The summed E-state index contributed by atoms with van der Waals surface area (Å²) in [7, 11) is 0. The topological polar surface area (TPSA) is 71.0 Å². The molecule has 2 aliphatic rings. The summed E-state index contributed by atoms with van der Waals surface area (Å²) in [5, 5.41) is 15.7. The summed E-state index contributed by atoms with van der Waals surface area (Å²) >= 11 is 1.72. The monoisotopic (exact) mass is 388 g/mol. The maximum atomic E-state index is 12.4. The summed E-state index contributed by atoms with van der Waals surface area (Å²) in [5.74, 6) is 1.46. The summed E-state index contributed by atoms with van der Waals surface area (Å²) in [6.45, 7) is 3.90. The van der Waals surface area contributed by atoms with Crippen LogP contribution >= 0.6 is 11.3 Å². The number of β-amino-alcohol motifs (C(OH)–C–C–N with tert-alkyl or cyclic N) is 1. The molecule has 6 nitrogen and oxygen atoms in total. The number of amides is 2. The quantitative estimate of drug-likeness (QED) is 0.845. The van der Waals surface area contributed by atoms with E-state index in [2.05, 4.69) is 23.7 Å². The van der Waals surface area contributed by atoms with Gasteiger partial charge in [0.05, 0.1) is 6.10 Å². The number of aryl methyl sites for hydroxylation is 1. The smallest absolute Gasteiger partial charge is 0.317 e. The Morgan fingerprint density at radius 1 is 1.33 bits per heavy atom. The number of hydrogen-bond donors (Lipinski definition) is 2. The van der Waals surface area contributed by atoms with Crippen molar-refractivity contribution in [1.82, 2.24) is 10.2 Å². The van der Waals surface area contributed by atoms with Gasteiger partial charge < -0.3 is 24.8 Å². The second kappa shape index (κ2) is 7.78. The normalized spacial score (nSPS) is 21.3. The van der Waals surface area contributed by atoms with Crippen molar-refractivity contribution in [1.29, 1.82) is 0 Å². The molecule has 144 valence electrons. The second-order valence-electron chi connectivity index (χ2n) is 7.03. The second-order valence-corrected chi connectivity index (χ2v) is 8.03. The highest BCUT2D eigenvalue weighted by atomic mass is 32.1. The molecule has 4 rings (SSSR count). The summed E-state index contributed by atoms with van der Waals surface area (Å²) in [6.07, 6.45) is 0.966. The lowest BCUT2D eigenvalue weighted by Crippen LogP contribution is -2.49. The van der Waals surface area contributed by atoms with E-state index in [0.717, 1.165) is 29.9 Å². The number of aliphatic hydroxyl groups excluding tert-OH is 1. The molecular formula is C20H24N2O4S. The highest BCUT2D eigenvalue weighted by molar-refractivity contribution is 7.10. The van der Waals surface area contributed by atoms with Gasteiger partial charge in [0.1, 0.15) is 0 Å². The van der Waals surface area contributed by atoms with Gasteiger partial charge in [0.15, 0.2) is 11.5 Å². The van der Waals surface area contributed by atoms with E-state index in [4.69, 9.17) is 9.47 Å². The van der Waals surface area contributed by atoms with Crippen molar-refractivity contribution < 1.29 is 19.4 Å². The lowest BCUT2D eigenvalue weighted by atomic mass is 9.87. The van der Waals surface area contributed by atoms with Crippen molar-refractivity contribution in [3.05, 3.63) is 45.6 Å². The maximum absolute atomic E-state index is 12.4. The molecule has 2 aromatic rings. The first-order valence-corrected chi connectivity index (χ1v) is 10.1. The van der Waals surface area contributed by atoms with E-state index in [9.17, 15) is 9.90 Å². The number of benzene rings is 1. The van der Waals surface area contributed by atoms with E-state index < -0.39 is 6.10 Å². The van der Waals surface area contributed by atoms with E-state index in [1.807, 2.05) is 18.2 Å². The Hall–Kier alpha value is -2.25. The van der Waals surface area contributed by atoms with Crippen LogP contribution in [0, 0.1) is 6.92 Å². The molecule has 0 unspecified atom stereocenters. The average Bonchev–Trinajstić information content (AvgIpc) is 3.30. The number of hydrogen-bond acceptors (Lipinski definition) is 5. The number of carbonyl (C=O) groups is 1. The molecule has 7 heteroatoms. The van der Waals surface area contributed by atoms with Crippen LogP contribution in [0.2, 0.25) is 0 Å². The van der Waals surface area contributed by atoms with E-state index >= 15 is 0 Å². The van der Waals surface area contributed by atoms with Crippen molar-refractivity contribution in [2.45, 2.75) is 31.8 Å². The first kappa shape index (κ1) is 18.1. The fraction of sp³-hybridized carbons (Fsp3) is 0.450. The molecule has 0 spiro atoms. The SMILES string of the molecule is Cc1ccsc1CCNC(=O)N1CC[C@@H](c2ccc3c(c2)OCO3)[C@H](O)C1. The fourth-order valence-electron chi connectivity index (χ4n) is 3.70. The minimum Gasteiger partial charge on any atom is -0.454 e. The Balaban J connectivity index is 1.30. The Bertz CT molecular complexity index is 822. The average molecular weight is 388 g/mol. The highest BCUT2D eigenvalue weighted by Crippen LogP contribution is 2.37. The van der Waals surface area contributed by atoms with Crippen LogP contribution < -0.4 is 14.8 Å². The molecule has 0 radical (unpaired) electrons. The zero-order valence-corrected chi connectivity index (χ0v) is 16.1. The van der Waals surface area contributed by atoms with Gasteiger partial charge in [-0.25, -0.2) is 4.79 Å². The number of nitrogens with one attached hydrogen (secondary N) is 1. The third-order valence-corrected chi connectivity index (χ3v) is 6.37. The van der Waals surface area contributed by atoms with Gasteiger partial charge in [-0.05, 0) is 54.5 Å². The van der Waals surface area contributed by atoms with Crippen LogP contribution in [0.5, 0.6) is 11.5 Å². The van der Waals surface area contributed by atoms with E-state index in [1.54, 1.807) is 16.2 Å². The number of rotatable bonds is 4. The Morgan fingerprint density at radius 3 is 2.96 bits per heavy atom. The summed E-state index contributed by atoms with van der Waals surface area (Å²) in [5.41, 5.74) is 2.30. The number of likely N-dealkylation sites (tertiary alicyclic amines) is 1. The predicted molar refractivity (Wildman–Crippen MR) is 104 cm³/mol. The number of piperidine rings is 1. The number of aliphatic hydroxyl groups is 1. The molecule has 1 fully saturated rings. The zero-order chi connectivity index (χ0) is 18.8. The van der Waals surface area contributed by atoms with Gasteiger partial charge in [-0.15, -0.1) is 11.3 Å². The number of nitrogens with zero attached hydrogens (tertiary/aromatic N) is 1. The molecule has 3 heterocycles. The predicted octanol–water partition coefficient (Wildman–Crippen LogP) is 2.89. The van der Waals surface area contributed by atoms with E-state index in [1.165, 1.54) is 10.4 Å². The molecule has 1 aromatic carbocycles. The third kappa shape index (κ3) is 3.89. The van der Waals surface area contributed by atoms with Crippen molar-refractivity contribution in [3.63, 3.8) is 0 Å². The van der Waals surface area contributed by atoms with Crippen LogP contribution in [0.4, 0.5) is 4.79 Å². The molecular weight excluding hydrogens is 364 g/mol. The van der Waals surface area contributed by atoms with Crippen LogP contribution in [0.3, 0.4) is 0 Å². The Morgan fingerprint density at radius 2 is 2.19 bits per heavy atom. The van der Waals surface area contributed by atoms with Crippen molar-refractivity contribution >= 4 is 17.4 Å². The number of ether oxygens (including phenoxy) is 2. The summed E-state index contributed by atoms with van der Waals surface area (Å²) in [4.78, 5) is 15.4. The van der Waals surface area contributed by atoms with E-state index in [-0.39, 0.29) is 18.7 Å². The molecule has 0 aliphatic carbocycles. The number of thiophene rings is 1. The van der Waals surface area contributed by atoms with Crippen molar-refractivity contribution in [3.8, 4) is 11.5 Å². The molecule has 2 atom stereocenters. The number of carbonyl (C=O) groups excluding carboxylic acids is 1. The van der Waals surface area contributed by atoms with Crippen LogP contribution in [-0.2, 0) is 6.42 Å². The van der Waals surface area contributed by atoms with Crippen LogP contribution in [0.25, 0.3) is 0 Å². The van der Waals surface area contributed by atoms with Gasteiger partial charge in [0.25, 0.3) is 0 Å². The summed E-state index contributed by atoms with van der Waals surface area (Å²) in [6, 6.07) is 7.79. The number of urea groups is 1. The molecule has 0 bridgehead atoms. The molecule has 2 amide bonds. The number of fused-ring (bicyclic) bond motifs is 1. The van der Waals surface area contributed by atoms with Crippen LogP contribution in [0.1, 0.15) is 28.3 Å². The van der Waals surface area contributed by atoms with Gasteiger partial charge in [-0.2, -0.15) is 0 Å². The van der Waals surface area contributed by atoms with Gasteiger partial charge in [0, 0.05) is 30.4 Å². The van der Waals surface area contributed by atoms with Crippen LogP contribution in [-0.4, -0.2) is 48.6 Å². The minimum atomic E-state index is -0.593. The van der Waals surface area contributed by atoms with Gasteiger partial charge in [-0.3, -0.25) is 0 Å². The first-order valence-electron chi connectivity index (χ1n) is 9.25. The maximum Gasteiger partial charge on any atom is 0.317 e. The minimum absolute atomic E-state index is 0.00248. The first-order chi connectivity index (χ1) is 13.1. The Labute approximate surface area is 162 Å². The van der Waals surface area contributed by atoms with Gasteiger partial charge in [0.2, 0.25) is 6.79 Å². The highest BCUT2D eigenvalue weighted by Gasteiger charge is 2.32. The largest absolute Gasteiger partial charge is 0.454 e. The standard InChI is InChI=1S/C20H24N2O4S/c1-13-6-9-27-19(13)4-7-21-20(24)22-8-5-15(16(23)11-22)14-2-3-17-18(10-14)26-12-25-17/h2-3,6,9-10,15-16,23H,4-5,7-8,11-12H2,1H3,(H,21,24)/t15-,16+/m0/s1.